The zero-order chi connectivity index (χ0) is 18.3. The molecule has 0 bridgehead atoms. The molecule has 5 N–H and O–H groups in total. The zero-order valence-electron chi connectivity index (χ0n) is 15.2. The summed E-state index contributed by atoms with van der Waals surface area (Å²) in [6.45, 7) is 7.88. The topological polar surface area (TPSA) is 120 Å². The molecule has 4 atom stereocenters. The number of carbonyl (C=O) groups excluding carboxylic acids is 2. The van der Waals surface area contributed by atoms with E-state index in [4.69, 9.17) is 16.2 Å². The van der Waals surface area contributed by atoms with E-state index in [-0.39, 0.29) is 41.8 Å². The van der Waals surface area contributed by atoms with Gasteiger partial charge in [-0.1, -0.05) is 26.7 Å². The Morgan fingerprint density at radius 3 is 2.29 bits per heavy atom. The number of nitrogens with one attached hydrogen (secondary N) is 1. The highest BCUT2D eigenvalue weighted by Gasteiger charge is 2.44. The molecule has 1 aliphatic rings. The first-order valence-electron chi connectivity index (χ1n) is 8.86. The van der Waals surface area contributed by atoms with Crippen LogP contribution in [0, 0.1) is 17.8 Å². The fourth-order valence-corrected chi connectivity index (χ4v) is 3.83. The average molecular weight is 340 g/mol. The van der Waals surface area contributed by atoms with Crippen molar-refractivity contribution in [3.63, 3.8) is 0 Å². The first-order chi connectivity index (χ1) is 11.3. The minimum atomic E-state index is -0.228. The molecule has 7 heteroatoms. The molecule has 0 spiro atoms. The van der Waals surface area contributed by atoms with E-state index in [0.29, 0.717) is 25.4 Å². The Kier molecular flexibility index (Phi) is 8.01. The number of rotatable bonds is 8. The van der Waals surface area contributed by atoms with Gasteiger partial charge in [-0.05, 0) is 25.7 Å². The van der Waals surface area contributed by atoms with E-state index < -0.39 is 0 Å². The smallest absolute Gasteiger partial charge is 0.309 e. The first kappa shape index (κ1) is 20.3. The third-order valence-corrected chi connectivity index (χ3v) is 4.90. The fourth-order valence-electron chi connectivity index (χ4n) is 3.83. The van der Waals surface area contributed by atoms with Crippen LogP contribution >= 0.6 is 0 Å². The third-order valence-electron chi connectivity index (χ3n) is 4.90. The van der Waals surface area contributed by atoms with E-state index in [0.717, 1.165) is 12.8 Å². The predicted molar refractivity (Wildman–Crippen MR) is 94.1 cm³/mol. The lowest BCUT2D eigenvalue weighted by Crippen LogP contribution is -2.47. The SMILES string of the molecule is CCOC(=O)[C@H]1C[C@@H](N=C(N)N)[C@H](C(NC(C)=O)C(CC)CC)C1. The number of esters is 1. The van der Waals surface area contributed by atoms with Gasteiger partial charge in [-0.15, -0.1) is 0 Å². The first-order valence-corrected chi connectivity index (χ1v) is 8.86. The highest BCUT2D eigenvalue weighted by molar-refractivity contribution is 5.77. The Labute approximate surface area is 144 Å². The van der Waals surface area contributed by atoms with Gasteiger partial charge >= 0.3 is 5.97 Å². The van der Waals surface area contributed by atoms with Crippen molar-refractivity contribution < 1.29 is 14.3 Å². The van der Waals surface area contributed by atoms with Crippen LogP contribution in [0.5, 0.6) is 0 Å². The largest absolute Gasteiger partial charge is 0.466 e. The Morgan fingerprint density at radius 2 is 1.83 bits per heavy atom. The van der Waals surface area contributed by atoms with Crippen molar-refractivity contribution in [3.05, 3.63) is 0 Å². The highest BCUT2D eigenvalue weighted by atomic mass is 16.5. The Hall–Kier alpha value is -1.79. The summed E-state index contributed by atoms with van der Waals surface area (Å²) in [6.07, 6.45) is 3.06. The number of amides is 1. The normalized spacial score (nSPS) is 24.5. The fraction of sp³-hybridized carbons (Fsp3) is 0.824. The molecule has 1 aliphatic carbocycles. The van der Waals surface area contributed by atoms with Gasteiger partial charge in [0.1, 0.15) is 0 Å². The van der Waals surface area contributed by atoms with Crippen molar-refractivity contribution >= 4 is 17.8 Å². The summed E-state index contributed by atoms with van der Waals surface area (Å²) in [5.41, 5.74) is 11.2. The summed E-state index contributed by atoms with van der Waals surface area (Å²) in [5, 5.41) is 3.08. The maximum absolute atomic E-state index is 12.2. The molecule has 1 unspecified atom stereocenters. The number of hydrogen-bond donors (Lipinski definition) is 3. The molecule has 0 saturated heterocycles. The molecule has 0 aromatic carbocycles. The second kappa shape index (κ2) is 9.49. The van der Waals surface area contributed by atoms with Crippen molar-refractivity contribution in [2.24, 2.45) is 34.2 Å². The van der Waals surface area contributed by atoms with Gasteiger partial charge in [0, 0.05) is 18.9 Å². The summed E-state index contributed by atoms with van der Waals surface area (Å²) in [7, 11) is 0. The van der Waals surface area contributed by atoms with Gasteiger partial charge < -0.3 is 21.5 Å². The molecule has 1 rings (SSSR count). The van der Waals surface area contributed by atoms with Crippen molar-refractivity contribution in [1.29, 1.82) is 0 Å². The van der Waals surface area contributed by atoms with Crippen LogP contribution in [0.15, 0.2) is 4.99 Å². The van der Waals surface area contributed by atoms with Crippen LogP contribution in [-0.4, -0.2) is 36.5 Å². The Bertz CT molecular complexity index is 459. The Balaban J connectivity index is 3.08. The summed E-state index contributed by atoms with van der Waals surface area (Å²) in [4.78, 5) is 28.2. The summed E-state index contributed by atoms with van der Waals surface area (Å²) < 4.78 is 5.16. The van der Waals surface area contributed by atoms with Crippen LogP contribution in [0.4, 0.5) is 0 Å². The lowest BCUT2D eigenvalue weighted by Gasteiger charge is -2.33. The molecule has 1 amide bonds. The number of carbonyl (C=O) groups is 2. The lowest BCUT2D eigenvalue weighted by molar-refractivity contribution is -0.147. The summed E-state index contributed by atoms with van der Waals surface area (Å²) >= 11 is 0. The zero-order valence-corrected chi connectivity index (χ0v) is 15.2. The van der Waals surface area contributed by atoms with Crippen molar-refractivity contribution in [1.82, 2.24) is 5.32 Å². The van der Waals surface area contributed by atoms with E-state index in [1.807, 2.05) is 0 Å². The predicted octanol–water partition coefficient (Wildman–Crippen LogP) is 1.16. The lowest BCUT2D eigenvalue weighted by atomic mass is 9.81. The Morgan fingerprint density at radius 1 is 1.21 bits per heavy atom. The van der Waals surface area contributed by atoms with Gasteiger partial charge in [0.25, 0.3) is 0 Å². The van der Waals surface area contributed by atoms with Crippen LogP contribution < -0.4 is 16.8 Å². The van der Waals surface area contributed by atoms with Gasteiger partial charge in [-0.25, -0.2) is 4.99 Å². The van der Waals surface area contributed by atoms with Gasteiger partial charge in [0.05, 0.1) is 18.6 Å². The number of hydrogen-bond acceptors (Lipinski definition) is 4. The minimum absolute atomic E-state index is 0.0145. The minimum Gasteiger partial charge on any atom is -0.466 e. The monoisotopic (exact) mass is 340 g/mol. The molecule has 0 aromatic heterocycles. The molecule has 7 nitrogen and oxygen atoms in total. The van der Waals surface area contributed by atoms with E-state index in [2.05, 4.69) is 24.2 Å². The van der Waals surface area contributed by atoms with Gasteiger partial charge in [0.2, 0.25) is 5.91 Å². The molecular formula is C17H32N4O3. The van der Waals surface area contributed by atoms with Crippen LogP contribution in [0.3, 0.4) is 0 Å². The van der Waals surface area contributed by atoms with Crippen LogP contribution in [0.2, 0.25) is 0 Å². The molecule has 0 aliphatic heterocycles. The second-order valence-electron chi connectivity index (χ2n) is 6.51. The molecule has 0 heterocycles. The summed E-state index contributed by atoms with van der Waals surface area (Å²) in [6, 6.07) is -0.230. The maximum Gasteiger partial charge on any atom is 0.309 e. The van der Waals surface area contributed by atoms with E-state index >= 15 is 0 Å². The number of guanidine groups is 1. The number of ether oxygens (including phenoxy) is 1. The average Bonchev–Trinajstić information content (AvgIpc) is 2.90. The van der Waals surface area contributed by atoms with Crippen molar-refractivity contribution in [3.8, 4) is 0 Å². The molecule has 1 fully saturated rings. The molecule has 138 valence electrons. The second-order valence-corrected chi connectivity index (χ2v) is 6.51. The molecule has 1 saturated carbocycles. The summed E-state index contributed by atoms with van der Waals surface area (Å²) in [5.74, 6) is -0.155. The van der Waals surface area contributed by atoms with E-state index in [9.17, 15) is 9.59 Å². The number of nitrogens with two attached hydrogens (primary N) is 2. The van der Waals surface area contributed by atoms with Crippen LogP contribution in [0.1, 0.15) is 53.4 Å². The van der Waals surface area contributed by atoms with E-state index in [1.54, 1.807) is 6.92 Å². The third kappa shape index (κ3) is 5.39. The molecule has 0 radical (unpaired) electrons. The quantitative estimate of drug-likeness (QED) is 0.348. The molecule has 24 heavy (non-hydrogen) atoms. The standard InChI is InChI=1S/C17H32N4O3/c1-5-11(6-2)15(20-10(4)22)13-8-12(16(23)24-7-3)9-14(13)21-17(18)19/h11-15H,5-9H2,1-4H3,(H,20,22)(H4,18,19,21)/t12-,13-,14-,15?/m1/s1. The molecule has 0 aromatic rings. The van der Waals surface area contributed by atoms with Crippen LogP contribution in [-0.2, 0) is 14.3 Å². The van der Waals surface area contributed by atoms with Gasteiger partial charge in [-0.3, -0.25) is 9.59 Å². The highest BCUT2D eigenvalue weighted by Crippen LogP contribution is 2.39. The maximum atomic E-state index is 12.2. The van der Waals surface area contributed by atoms with Gasteiger partial charge in [0.15, 0.2) is 5.96 Å². The van der Waals surface area contributed by atoms with Crippen molar-refractivity contribution in [2.45, 2.75) is 65.5 Å². The van der Waals surface area contributed by atoms with Crippen LogP contribution in [0.25, 0.3) is 0 Å². The number of aliphatic imine (C=N–C) groups is 1. The van der Waals surface area contributed by atoms with E-state index in [1.165, 1.54) is 6.92 Å². The van der Waals surface area contributed by atoms with Gasteiger partial charge in [-0.2, -0.15) is 0 Å². The number of nitrogens with zero attached hydrogens (tertiary/aromatic N) is 1. The van der Waals surface area contributed by atoms with Crippen molar-refractivity contribution in [2.75, 3.05) is 6.61 Å². The molecular weight excluding hydrogens is 308 g/mol.